The first kappa shape index (κ1) is 23.8. The number of ether oxygens (including phenoxy) is 1. The van der Waals surface area contributed by atoms with Gasteiger partial charge in [-0.1, -0.05) is 78.9 Å². The van der Waals surface area contributed by atoms with Crippen molar-refractivity contribution >= 4 is 21.3 Å². The molecule has 0 spiro atoms. The van der Waals surface area contributed by atoms with E-state index in [0.717, 1.165) is 0 Å². The molecule has 1 saturated heterocycles. The lowest BCUT2D eigenvalue weighted by molar-refractivity contribution is 0.0562. The first-order chi connectivity index (χ1) is 17.5. The average molecular weight is 500 g/mol. The summed E-state index contributed by atoms with van der Waals surface area (Å²) < 4.78 is 33.7. The maximum Gasteiger partial charge on any atom is 0.195 e. The van der Waals surface area contributed by atoms with Crippen LogP contribution in [0.1, 0.15) is 22.0 Å². The number of hydroxylamine groups is 1. The molecule has 0 bridgehead atoms. The molecular formula is C29H25NO5S. The Morgan fingerprint density at radius 2 is 1.33 bits per heavy atom. The number of nitrogens with zero attached hydrogens (tertiary/aromatic N) is 1. The molecule has 4 aromatic rings. The molecule has 5 rings (SSSR count). The monoisotopic (exact) mass is 499 g/mol. The van der Waals surface area contributed by atoms with Gasteiger partial charge < -0.3 is 4.74 Å². The highest BCUT2D eigenvalue weighted by atomic mass is 32.2. The summed E-state index contributed by atoms with van der Waals surface area (Å²) in [7, 11) is -2.44. The normalized spacial score (nSPS) is 19.7. The minimum Gasteiger partial charge on any atom is -0.497 e. The number of sulfone groups is 1. The highest BCUT2D eigenvalue weighted by Crippen LogP contribution is 2.44. The molecule has 6 nitrogen and oxygen atoms in total. The molecule has 182 valence electrons. The van der Waals surface area contributed by atoms with Crippen molar-refractivity contribution in [2.45, 2.75) is 22.3 Å². The van der Waals surface area contributed by atoms with Crippen LogP contribution in [-0.4, -0.2) is 32.7 Å². The van der Waals surface area contributed by atoms with Crippen LogP contribution in [0.3, 0.4) is 0 Å². The molecule has 0 N–H and O–H groups in total. The number of rotatable bonds is 7. The molecule has 0 amide bonds. The number of carbonyl (C=O) groups is 1. The van der Waals surface area contributed by atoms with Crippen molar-refractivity contribution in [3.05, 3.63) is 126 Å². The van der Waals surface area contributed by atoms with E-state index in [0.29, 0.717) is 22.6 Å². The summed E-state index contributed by atoms with van der Waals surface area (Å²) in [6, 6.07) is 32.5. The Morgan fingerprint density at radius 1 is 0.778 bits per heavy atom. The smallest absolute Gasteiger partial charge is 0.195 e. The molecule has 0 radical (unpaired) electrons. The van der Waals surface area contributed by atoms with E-state index in [1.165, 1.54) is 0 Å². The lowest BCUT2D eigenvalue weighted by Gasteiger charge is -2.27. The number of para-hydroxylation sites is 1. The Hall–Kier alpha value is -3.94. The number of carbonyl (C=O) groups excluding carboxylic acids is 1. The number of hydrogen-bond donors (Lipinski definition) is 0. The second-order valence-corrected chi connectivity index (χ2v) is 10.6. The van der Waals surface area contributed by atoms with Gasteiger partial charge in [0.05, 0.1) is 17.7 Å². The van der Waals surface area contributed by atoms with Crippen molar-refractivity contribution in [2.24, 2.45) is 0 Å². The Bertz CT molecular complexity index is 1430. The third-order valence-electron chi connectivity index (χ3n) is 6.30. The Morgan fingerprint density at radius 3 is 1.92 bits per heavy atom. The second-order valence-electron chi connectivity index (χ2n) is 8.46. The molecule has 4 aromatic carbocycles. The summed E-state index contributed by atoms with van der Waals surface area (Å²) in [5, 5.41) is 0.347. The van der Waals surface area contributed by atoms with Gasteiger partial charge in [-0.2, -0.15) is 0 Å². The molecule has 1 aliphatic heterocycles. The van der Waals surface area contributed by atoms with Gasteiger partial charge in [0.1, 0.15) is 17.0 Å². The van der Waals surface area contributed by atoms with E-state index in [1.807, 2.05) is 42.5 Å². The van der Waals surface area contributed by atoms with Crippen LogP contribution < -0.4 is 9.80 Å². The number of Topliss-reactive ketones (excluding diaryl/α,β-unsaturated/α-hetero) is 1. The lowest BCUT2D eigenvalue weighted by Crippen LogP contribution is -2.39. The van der Waals surface area contributed by atoms with Crippen LogP contribution in [0.15, 0.2) is 120 Å². The van der Waals surface area contributed by atoms with Crippen molar-refractivity contribution in [1.29, 1.82) is 0 Å². The number of benzene rings is 4. The highest BCUT2D eigenvalue weighted by molar-refractivity contribution is 7.92. The van der Waals surface area contributed by atoms with E-state index in [-0.39, 0.29) is 4.90 Å². The highest BCUT2D eigenvalue weighted by Gasteiger charge is 2.54. The molecular weight excluding hydrogens is 474 g/mol. The van der Waals surface area contributed by atoms with Crippen LogP contribution in [0.25, 0.3) is 0 Å². The van der Waals surface area contributed by atoms with Crippen molar-refractivity contribution in [2.75, 3.05) is 12.2 Å². The summed E-state index contributed by atoms with van der Waals surface area (Å²) in [6.45, 7) is 0. The van der Waals surface area contributed by atoms with Crippen LogP contribution >= 0.6 is 0 Å². The molecule has 0 aromatic heterocycles. The van der Waals surface area contributed by atoms with Crippen LogP contribution in [0.2, 0.25) is 0 Å². The van der Waals surface area contributed by atoms with E-state index in [4.69, 9.17) is 9.57 Å². The molecule has 3 atom stereocenters. The fourth-order valence-electron chi connectivity index (χ4n) is 4.53. The maximum atomic E-state index is 14.2. The van der Waals surface area contributed by atoms with Crippen molar-refractivity contribution in [3.63, 3.8) is 0 Å². The lowest BCUT2D eigenvalue weighted by atomic mass is 9.96. The van der Waals surface area contributed by atoms with Gasteiger partial charge in [-0.15, -0.1) is 0 Å². The van der Waals surface area contributed by atoms with Gasteiger partial charge in [-0.3, -0.25) is 9.63 Å². The maximum absolute atomic E-state index is 14.2. The summed E-state index contributed by atoms with van der Waals surface area (Å²) in [5.74, 6) is 0.250. The van der Waals surface area contributed by atoms with Gasteiger partial charge in [0.25, 0.3) is 0 Å². The fourth-order valence-corrected chi connectivity index (χ4v) is 6.49. The van der Waals surface area contributed by atoms with Gasteiger partial charge in [0, 0.05) is 5.56 Å². The molecule has 1 aliphatic rings. The number of methoxy groups -OCH3 is 1. The predicted octanol–water partition coefficient (Wildman–Crippen LogP) is 5.28. The molecule has 1 heterocycles. The van der Waals surface area contributed by atoms with Gasteiger partial charge >= 0.3 is 0 Å². The Kier molecular flexibility index (Phi) is 6.59. The van der Waals surface area contributed by atoms with E-state index < -0.39 is 33.0 Å². The van der Waals surface area contributed by atoms with Crippen molar-refractivity contribution in [1.82, 2.24) is 0 Å². The van der Waals surface area contributed by atoms with Crippen LogP contribution in [0, 0.1) is 0 Å². The average Bonchev–Trinajstić information content (AvgIpc) is 3.36. The van der Waals surface area contributed by atoms with Gasteiger partial charge in [-0.25, -0.2) is 13.5 Å². The van der Waals surface area contributed by atoms with Crippen LogP contribution in [0.4, 0.5) is 5.69 Å². The molecule has 0 unspecified atom stereocenters. The van der Waals surface area contributed by atoms with Crippen molar-refractivity contribution < 1.29 is 22.8 Å². The molecule has 0 saturated carbocycles. The first-order valence-electron chi connectivity index (χ1n) is 11.5. The molecule has 0 aliphatic carbocycles. The van der Waals surface area contributed by atoms with Crippen LogP contribution in [-0.2, 0) is 14.7 Å². The number of hydrogen-bond acceptors (Lipinski definition) is 6. The fraction of sp³-hybridized carbons (Fsp3) is 0.138. The summed E-state index contributed by atoms with van der Waals surface area (Å²) in [4.78, 5) is 20.2. The van der Waals surface area contributed by atoms with E-state index in [2.05, 4.69) is 0 Å². The first-order valence-corrected chi connectivity index (χ1v) is 13.1. The number of anilines is 1. The molecule has 36 heavy (non-hydrogen) atoms. The standard InChI is InChI=1S/C29H25NO5S/c1-34-24-19-17-21(18-20-24)26-29(36(32,33)25-15-9-4-10-16-25)28(27(31)22-11-5-2-6-12-22)35-30(26)23-13-7-3-8-14-23/h2-20,26,28-29H,1H3/t26-,28+,29-/m1/s1. The van der Waals surface area contributed by atoms with Gasteiger partial charge in [-0.05, 0) is 42.0 Å². The minimum atomic E-state index is -4.01. The second kappa shape index (κ2) is 9.97. The summed E-state index contributed by atoms with van der Waals surface area (Å²) in [6.07, 6.45) is -1.26. The minimum absolute atomic E-state index is 0.137. The van der Waals surface area contributed by atoms with Gasteiger partial charge in [0.15, 0.2) is 21.7 Å². The molecule has 1 fully saturated rings. The summed E-state index contributed by atoms with van der Waals surface area (Å²) in [5.41, 5.74) is 1.72. The van der Waals surface area contributed by atoms with E-state index >= 15 is 0 Å². The largest absolute Gasteiger partial charge is 0.497 e. The van der Waals surface area contributed by atoms with Gasteiger partial charge in [0.2, 0.25) is 0 Å². The van der Waals surface area contributed by atoms with Crippen LogP contribution in [0.5, 0.6) is 5.75 Å². The third kappa shape index (κ3) is 4.39. The zero-order chi connectivity index (χ0) is 25.1. The van der Waals surface area contributed by atoms with E-state index in [9.17, 15) is 13.2 Å². The van der Waals surface area contributed by atoms with Crippen molar-refractivity contribution in [3.8, 4) is 5.75 Å². The quantitative estimate of drug-likeness (QED) is 0.322. The number of ketones is 1. The Balaban J connectivity index is 1.71. The zero-order valence-electron chi connectivity index (χ0n) is 19.6. The van der Waals surface area contributed by atoms with E-state index in [1.54, 1.807) is 85.0 Å². The third-order valence-corrected chi connectivity index (χ3v) is 8.45. The zero-order valence-corrected chi connectivity index (χ0v) is 20.4. The summed E-state index contributed by atoms with van der Waals surface area (Å²) >= 11 is 0. The topological polar surface area (TPSA) is 72.9 Å². The predicted molar refractivity (Wildman–Crippen MR) is 138 cm³/mol. The SMILES string of the molecule is COc1ccc([C@@H]2[C@@H](S(=O)(=O)c3ccccc3)[C@H](C(=O)c3ccccc3)ON2c2ccccc2)cc1. The Labute approximate surface area is 210 Å². The molecule has 7 heteroatoms.